The summed E-state index contributed by atoms with van der Waals surface area (Å²) in [5, 5.41) is 0.478. The van der Waals surface area contributed by atoms with Gasteiger partial charge >= 0.3 is 0 Å². The highest BCUT2D eigenvalue weighted by Gasteiger charge is 2.19. The predicted molar refractivity (Wildman–Crippen MR) is 108 cm³/mol. The minimum atomic E-state index is -3.73. The van der Waals surface area contributed by atoms with Crippen molar-refractivity contribution in [2.75, 3.05) is 18.0 Å². The third-order valence-electron chi connectivity index (χ3n) is 4.61. The Bertz CT molecular complexity index is 870. The Labute approximate surface area is 165 Å². The van der Waals surface area contributed by atoms with Crippen molar-refractivity contribution >= 4 is 38.9 Å². The van der Waals surface area contributed by atoms with E-state index in [1.54, 1.807) is 6.07 Å². The summed E-state index contributed by atoms with van der Waals surface area (Å²) in [6, 6.07) is 12.4. The number of benzene rings is 2. The van der Waals surface area contributed by atoms with Gasteiger partial charge < -0.3 is 4.90 Å². The van der Waals surface area contributed by atoms with Crippen LogP contribution in [0.25, 0.3) is 0 Å². The minimum absolute atomic E-state index is 0.00871. The molecule has 26 heavy (non-hydrogen) atoms. The summed E-state index contributed by atoms with van der Waals surface area (Å²) in [5.41, 5.74) is 2.07. The van der Waals surface area contributed by atoms with Gasteiger partial charge in [0.15, 0.2) is 0 Å². The molecule has 0 bridgehead atoms. The Morgan fingerprint density at radius 2 is 1.88 bits per heavy atom. The molecule has 0 saturated carbocycles. The van der Waals surface area contributed by atoms with E-state index >= 15 is 0 Å². The molecule has 1 fully saturated rings. The lowest BCUT2D eigenvalue weighted by molar-refractivity contribution is 0.447. The predicted octanol–water partition coefficient (Wildman–Crippen LogP) is 4.71. The number of hydrogen-bond acceptors (Lipinski definition) is 3. The maximum absolute atomic E-state index is 12.5. The van der Waals surface area contributed by atoms with Crippen molar-refractivity contribution in [3.05, 3.63) is 58.1 Å². The van der Waals surface area contributed by atoms with Crippen LogP contribution in [0.2, 0.25) is 10.0 Å². The number of halogens is 2. The second-order valence-corrected chi connectivity index (χ2v) is 9.34. The van der Waals surface area contributed by atoms with Crippen molar-refractivity contribution < 1.29 is 8.42 Å². The van der Waals surface area contributed by atoms with E-state index in [-0.39, 0.29) is 16.5 Å². The van der Waals surface area contributed by atoms with Gasteiger partial charge in [0.05, 0.1) is 5.02 Å². The van der Waals surface area contributed by atoms with Gasteiger partial charge in [0.2, 0.25) is 10.0 Å². The number of nitrogens with one attached hydrogen (secondary N) is 1. The van der Waals surface area contributed by atoms with Gasteiger partial charge in [-0.25, -0.2) is 13.1 Å². The lowest BCUT2D eigenvalue weighted by atomic mass is 9.99. The molecule has 140 valence electrons. The van der Waals surface area contributed by atoms with Gasteiger partial charge in [-0.3, -0.25) is 0 Å². The summed E-state index contributed by atoms with van der Waals surface area (Å²) in [5.74, 6) is 0.706. The van der Waals surface area contributed by atoms with Crippen LogP contribution in [0.3, 0.4) is 0 Å². The smallest absolute Gasteiger partial charge is 0.242 e. The third-order valence-corrected chi connectivity index (χ3v) is 6.73. The molecule has 1 heterocycles. The normalized spacial score (nSPS) is 18.1. The van der Waals surface area contributed by atoms with E-state index in [0.29, 0.717) is 10.9 Å². The molecular weight excluding hydrogens is 391 g/mol. The fraction of sp³-hybridized carbons (Fsp3) is 0.368. The first kappa shape index (κ1) is 19.5. The van der Waals surface area contributed by atoms with Crippen LogP contribution in [-0.2, 0) is 16.6 Å². The van der Waals surface area contributed by atoms with Gasteiger partial charge in [-0.1, -0.05) is 42.3 Å². The van der Waals surface area contributed by atoms with Crippen LogP contribution in [0.5, 0.6) is 0 Å². The van der Waals surface area contributed by atoms with Crippen molar-refractivity contribution in [1.29, 1.82) is 0 Å². The van der Waals surface area contributed by atoms with Gasteiger partial charge in [-0.15, -0.1) is 0 Å². The fourth-order valence-corrected chi connectivity index (χ4v) is 4.97. The second-order valence-electron chi connectivity index (χ2n) is 6.76. The Morgan fingerprint density at radius 1 is 1.15 bits per heavy atom. The molecule has 0 radical (unpaired) electrons. The molecule has 2 aromatic rings. The summed E-state index contributed by atoms with van der Waals surface area (Å²) < 4.78 is 27.5. The van der Waals surface area contributed by atoms with Gasteiger partial charge in [-0.05, 0) is 54.7 Å². The highest BCUT2D eigenvalue weighted by Crippen LogP contribution is 2.26. The van der Waals surface area contributed by atoms with Crippen LogP contribution in [-0.4, -0.2) is 21.5 Å². The number of sulfonamides is 1. The monoisotopic (exact) mass is 412 g/mol. The average molecular weight is 413 g/mol. The number of rotatable bonds is 5. The molecule has 0 aromatic heterocycles. The zero-order chi connectivity index (χ0) is 18.7. The Kier molecular flexibility index (Phi) is 6.13. The molecule has 3 rings (SSSR count). The molecule has 1 atom stereocenters. The quantitative estimate of drug-likeness (QED) is 0.773. The van der Waals surface area contributed by atoms with E-state index in [1.165, 1.54) is 30.7 Å². The summed E-state index contributed by atoms with van der Waals surface area (Å²) in [6.07, 6.45) is 2.49. The van der Waals surface area contributed by atoms with Crippen molar-refractivity contribution in [2.45, 2.75) is 31.2 Å². The highest BCUT2D eigenvalue weighted by atomic mass is 35.5. The molecule has 1 saturated heterocycles. The largest absolute Gasteiger partial charge is 0.371 e. The first-order chi connectivity index (χ1) is 12.3. The van der Waals surface area contributed by atoms with E-state index < -0.39 is 10.0 Å². The van der Waals surface area contributed by atoms with E-state index in [4.69, 9.17) is 23.2 Å². The zero-order valence-corrected chi connectivity index (χ0v) is 16.9. The average Bonchev–Trinajstić information content (AvgIpc) is 2.62. The van der Waals surface area contributed by atoms with E-state index in [1.807, 2.05) is 24.3 Å². The maximum atomic E-state index is 12.5. The molecule has 0 aliphatic carbocycles. The molecule has 7 heteroatoms. The standard InChI is InChI=1S/C19H22Cl2N2O2S/c1-14-3-2-10-23(13-14)17-7-4-15(5-8-17)12-22-26(24,25)19-11-16(20)6-9-18(19)21/h4-9,11,14,22H,2-3,10,12-13H2,1H3/t14-/m1/s1. The molecule has 1 N–H and O–H groups in total. The molecule has 0 unspecified atom stereocenters. The highest BCUT2D eigenvalue weighted by molar-refractivity contribution is 7.89. The summed E-state index contributed by atoms with van der Waals surface area (Å²) >= 11 is 11.9. The lowest BCUT2D eigenvalue weighted by Crippen LogP contribution is -2.34. The maximum Gasteiger partial charge on any atom is 0.242 e. The molecule has 2 aromatic carbocycles. The molecule has 1 aliphatic rings. The van der Waals surface area contributed by atoms with Crippen molar-refractivity contribution in [3.63, 3.8) is 0 Å². The van der Waals surface area contributed by atoms with Crippen LogP contribution < -0.4 is 9.62 Å². The van der Waals surface area contributed by atoms with E-state index in [2.05, 4.69) is 16.5 Å². The van der Waals surface area contributed by atoms with Gasteiger partial charge in [0.25, 0.3) is 0 Å². The van der Waals surface area contributed by atoms with E-state index in [0.717, 1.165) is 18.7 Å². The molecule has 0 spiro atoms. The molecule has 1 aliphatic heterocycles. The number of piperidine rings is 1. The van der Waals surface area contributed by atoms with Crippen LogP contribution in [0.4, 0.5) is 5.69 Å². The van der Waals surface area contributed by atoms with Crippen LogP contribution in [0, 0.1) is 5.92 Å². The zero-order valence-electron chi connectivity index (χ0n) is 14.6. The lowest BCUT2D eigenvalue weighted by Gasteiger charge is -2.32. The van der Waals surface area contributed by atoms with Crippen molar-refractivity contribution in [2.24, 2.45) is 5.92 Å². The number of anilines is 1. The van der Waals surface area contributed by atoms with Crippen molar-refractivity contribution in [3.8, 4) is 0 Å². The summed E-state index contributed by atoms with van der Waals surface area (Å²) in [4.78, 5) is 2.37. The Balaban J connectivity index is 1.67. The first-order valence-electron chi connectivity index (χ1n) is 8.64. The van der Waals surface area contributed by atoms with E-state index in [9.17, 15) is 8.42 Å². The van der Waals surface area contributed by atoms with Gasteiger partial charge in [0, 0.05) is 30.3 Å². The Morgan fingerprint density at radius 3 is 2.58 bits per heavy atom. The molecule has 0 amide bonds. The fourth-order valence-electron chi connectivity index (χ4n) is 3.19. The number of hydrogen-bond donors (Lipinski definition) is 1. The Hall–Kier alpha value is -1.27. The summed E-state index contributed by atoms with van der Waals surface area (Å²) in [7, 11) is -3.73. The first-order valence-corrected chi connectivity index (χ1v) is 10.9. The summed E-state index contributed by atoms with van der Waals surface area (Å²) in [6.45, 7) is 4.61. The van der Waals surface area contributed by atoms with Crippen LogP contribution in [0.1, 0.15) is 25.3 Å². The van der Waals surface area contributed by atoms with Gasteiger partial charge in [0.1, 0.15) is 4.90 Å². The molecule has 4 nitrogen and oxygen atoms in total. The second kappa shape index (κ2) is 8.17. The number of nitrogens with zero attached hydrogens (tertiary/aromatic N) is 1. The van der Waals surface area contributed by atoms with Crippen molar-refractivity contribution in [1.82, 2.24) is 4.72 Å². The topological polar surface area (TPSA) is 49.4 Å². The van der Waals surface area contributed by atoms with Gasteiger partial charge in [-0.2, -0.15) is 0 Å². The van der Waals surface area contributed by atoms with Crippen LogP contribution >= 0.6 is 23.2 Å². The van der Waals surface area contributed by atoms with Crippen LogP contribution in [0.15, 0.2) is 47.4 Å². The molecular formula is C19H22Cl2N2O2S. The third kappa shape index (κ3) is 4.71. The minimum Gasteiger partial charge on any atom is -0.371 e. The SMILES string of the molecule is C[C@@H]1CCCN(c2ccc(CNS(=O)(=O)c3cc(Cl)ccc3Cl)cc2)C1.